The van der Waals surface area contributed by atoms with Crippen LogP contribution >= 0.6 is 11.8 Å². The van der Waals surface area contributed by atoms with Crippen molar-refractivity contribution in [2.45, 2.75) is 19.0 Å². The van der Waals surface area contributed by atoms with Crippen molar-refractivity contribution >= 4 is 23.4 Å². The Morgan fingerprint density at radius 1 is 0.938 bits per heavy atom. The van der Waals surface area contributed by atoms with Gasteiger partial charge in [0, 0.05) is 16.9 Å². The lowest BCUT2D eigenvalue weighted by Crippen LogP contribution is -2.15. The Balaban J connectivity index is 1.60. The van der Waals surface area contributed by atoms with Crippen LogP contribution in [0.1, 0.15) is 11.1 Å². The van der Waals surface area contributed by atoms with Gasteiger partial charge in [-0.05, 0) is 79.6 Å². The molecule has 0 aliphatic carbocycles. The number of anilines is 1. The summed E-state index contributed by atoms with van der Waals surface area (Å²) in [4.78, 5) is 12.6. The minimum Gasteiger partial charge on any atom is -0.325 e. The predicted molar refractivity (Wildman–Crippen MR) is 122 cm³/mol. The molecule has 162 valence electrons. The van der Waals surface area contributed by atoms with E-state index < -0.39 is 0 Å². The number of amides is 1. The van der Waals surface area contributed by atoms with Crippen LogP contribution in [0.4, 0.5) is 14.5 Å². The summed E-state index contributed by atoms with van der Waals surface area (Å²) in [5.41, 5.74) is 4.08. The highest BCUT2D eigenvalue weighted by molar-refractivity contribution is 7.99. The molecule has 1 N–H and O–H groups in total. The summed E-state index contributed by atoms with van der Waals surface area (Å²) in [7, 11) is 0. The molecule has 0 atom stereocenters. The van der Waals surface area contributed by atoms with Gasteiger partial charge in [-0.15, -0.1) is 10.2 Å². The number of carbonyl (C=O) groups is 1. The second kappa shape index (κ2) is 9.32. The van der Waals surface area contributed by atoms with Crippen molar-refractivity contribution in [3.63, 3.8) is 0 Å². The van der Waals surface area contributed by atoms with Gasteiger partial charge in [0.25, 0.3) is 0 Å². The average Bonchev–Trinajstić information content (AvgIpc) is 3.20. The molecule has 4 rings (SSSR count). The molecule has 0 saturated heterocycles. The van der Waals surface area contributed by atoms with Crippen molar-refractivity contribution in [1.82, 2.24) is 14.8 Å². The molecule has 0 unspecified atom stereocenters. The summed E-state index contributed by atoms with van der Waals surface area (Å²) in [6, 6.07) is 17.6. The Morgan fingerprint density at radius 3 is 2.28 bits per heavy atom. The monoisotopic (exact) mass is 450 g/mol. The van der Waals surface area contributed by atoms with Crippen LogP contribution in [0.2, 0.25) is 0 Å². The zero-order chi connectivity index (χ0) is 22.7. The minimum absolute atomic E-state index is 0.107. The van der Waals surface area contributed by atoms with Gasteiger partial charge < -0.3 is 5.32 Å². The summed E-state index contributed by atoms with van der Waals surface area (Å²) < 4.78 is 28.6. The number of thioether (sulfide) groups is 1. The molecule has 32 heavy (non-hydrogen) atoms. The van der Waals surface area contributed by atoms with E-state index in [4.69, 9.17) is 0 Å². The van der Waals surface area contributed by atoms with E-state index >= 15 is 0 Å². The van der Waals surface area contributed by atoms with Crippen molar-refractivity contribution in [2.75, 3.05) is 11.1 Å². The molecule has 1 aromatic heterocycles. The van der Waals surface area contributed by atoms with E-state index in [9.17, 15) is 13.6 Å². The van der Waals surface area contributed by atoms with Crippen molar-refractivity contribution in [2.24, 2.45) is 0 Å². The van der Waals surface area contributed by atoms with E-state index in [-0.39, 0.29) is 23.3 Å². The van der Waals surface area contributed by atoms with E-state index in [1.165, 1.54) is 36.0 Å². The number of carbonyl (C=O) groups excluding carboxylic acids is 1. The Morgan fingerprint density at radius 2 is 1.59 bits per heavy atom. The zero-order valence-electron chi connectivity index (χ0n) is 17.5. The molecule has 0 fully saturated rings. The first-order chi connectivity index (χ1) is 15.4. The number of aryl methyl sites for hydroxylation is 2. The van der Waals surface area contributed by atoms with Crippen LogP contribution in [0.15, 0.2) is 71.9 Å². The maximum Gasteiger partial charge on any atom is 0.234 e. The molecule has 1 amide bonds. The SMILES string of the molecule is Cc1ccc(C)c(NC(=O)CSc2nnc(-c3ccc(F)cc3)n2-c2ccc(F)cc2)c1. The first-order valence-corrected chi connectivity index (χ1v) is 10.9. The third-order valence-electron chi connectivity index (χ3n) is 4.82. The topological polar surface area (TPSA) is 59.8 Å². The normalized spacial score (nSPS) is 10.9. The fourth-order valence-corrected chi connectivity index (χ4v) is 3.91. The summed E-state index contributed by atoms with van der Waals surface area (Å²) in [6.45, 7) is 3.90. The number of hydrogen-bond donors (Lipinski definition) is 1. The highest BCUT2D eigenvalue weighted by Crippen LogP contribution is 2.28. The fourth-order valence-electron chi connectivity index (χ4n) is 3.16. The number of benzene rings is 3. The third kappa shape index (κ3) is 4.86. The van der Waals surface area contributed by atoms with Gasteiger partial charge in [-0.1, -0.05) is 23.9 Å². The second-order valence-corrected chi connectivity index (χ2v) is 8.22. The lowest BCUT2D eigenvalue weighted by atomic mass is 10.1. The number of rotatable bonds is 6. The van der Waals surface area contributed by atoms with E-state index in [1.54, 1.807) is 28.8 Å². The van der Waals surface area contributed by atoms with Crippen LogP contribution in [-0.2, 0) is 4.79 Å². The van der Waals surface area contributed by atoms with E-state index in [1.807, 2.05) is 32.0 Å². The number of nitrogens with one attached hydrogen (secondary N) is 1. The lowest BCUT2D eigenvalue weighted by molar-refractivity contribution is -0.113. The standard InChI is InChI=1S/C24H20F2N4OS/c1-15-3-4-16(2)21(13-15)27-22(31)14-32-24-29-28-23(17-5-7-18(25)8-6-17)30(24)20-11-9-19(26)10-12-20/h3-13H,14H2,1-2H3,(H,27,31). The zero-order valence-corrected chi connectivity index (χ0v) is 18.3. The molecule has 8 heteroatoms. The minimum atomic E-state index is -0.368. The number of hydrogen-bond acceptors (Lipinski definition) is 4. The predicted octanol–water partition coefficient (Wildman–Crippen LogP) is 5.56. The fraction of sp³-hybridized carbons (Fsp3) is 0.125. The Hall–Kier alpha value is -3.52. The van der Waals surface area contributed by atoms with Crippen molar-refractivity contribution < 1.29 is 13.6 Å². The molecule has 3 aromatic carbocycles. The molecule has 4 aromatic rings. The quantitative estimate of drug-likeness (QED) is 0.391. The van der Waals surface area contributed by atoms with Crippen molar-refractivity contribution in [1.29, 1.82) is 0 Å². The Kier molecular flexibility index (Phi) is 6.32. The van der Waals surface area contributed by atoms with Crippen LogP contribution < -0.4 is 5.32 Å². The van der Waals surface area contributed by atoms with Gasteiger partial charge in [-0.2, -0.15) is 0 Å². The molecule has 1 heterocycles. The third-order valence-corrected chi connectivity index (χ3v) is 5.75. The summed E-state index contributed by atoms with van der Waals surface area (Å²) in [5, 5.41) is 11.9. The molecule has 0 radical (unpaired) electrons. The molecule has 0 bridgehead atoms. The van der Waals surface area contributed by atoms with Crippen molar-refractivity contribution in [3.05, 3.63) is 89.5 Å². The molecule has 5 nitrogen and oxygen atoms in total. The summed E-state index contributed by atoms with van der Waals surface area (Å²) in [5.74, 6) is -0.336. The first-order valence-electron chi connectivity index (χ1n) is 9.88. The Bertz CT molecular complexity index is 1250. The van der Waals surface area contributed by atoms with E-state index in [0.29, 0.717) is 22.2 Å². The van der Waals surface area contributed by atoms with E-state index in [0.717, 1.165) is 16.8 Å². The van der Waals surface area contributed by atoms with Crippen LogP contribution in [0, 0.1) is 25.5 Å². The lowest BCUT2D eigenvalue weighted by Gasteiger charge is -2.11. The van der Waals surface area contributed by atoms with Gasteiger partial charge in [0.05, 0.1) is 5.75 Å². The van der Waals surface area contributed by atoms with Crippen molar-refractivity contribution in [3.8, 4) is 17.1 Å². The largest absolute Gasteiger partial charge is 0.325 e. The molecule has 0 aliphatic heterocycles. The molecular weight excluding hydrogens is 430 g/mol. The van der Waals surface area contributed by atoms with Gasteiger partial charge in [0.2, 0.25) is 5.91 Å². The average molecular weight is 451 g/mol. The highest BCUT2D eigenvalue weighted by Gasteiger charge is 2.18. The maximum atomic E-state index is 13.5. The molecule has 0 saturated carbocycles. The van der Waals surface area contributed by atoms with Gasteiger partial charge in [0.15, 0.2) is 11.0 Å². The number of aromatic nitrogens is 3. The second-order valence-electron chi connectivity index (χ2n) is 7.28. The molecule has 0 aliphatic rings. The van der Waals surface area contributed by atoms with Gasteiger partial charge in [0.1, 0.15) is 11.6 Å². The maximum absolute atomic E-state index is 13.5. The Labute approximate surface area is 188 Å². The van der Waals surface area contributed by atoms with Crippen LogP contribution in [0.5, 0.6) is 0 Å². The summed E-state index contributed by atoms with van der Waals surface area (Å²) >= 11 is 1.21. The summed E-state index contributed by atoms with van der Waals surface area (Å²) in [6.07, 6.45) is 0. The van der Waals surface area contributed by atoms with Crippen LogP contribution in [-0.4, -0.2) is 26.4 Å². The smallest absolute Gasteiger partial charge is 0.234 e. The molecular formula is C24H20F2N4OS. The van der Waals surface area contributed by atoms with E-state index in [2.05, 4.69) is 15.5 Å². The van der Waals surface area contributed by atoms with Crippen LogP contribution in [0.3, 0.4) is 0 Å². The molecule has 0 spiro atoms. The number of nitrogens with zero attached hydrogens (tertiary/aromatic N) is 3. The van der Waals surface area contributed by atoms with Gasteiger partial charge in [-0.25, -0.2) is 8.78 Å². The highest BCUT2D eigenvalue weighted by atomic mass is 32.2. The van der Waals surface area contributed by atoms with Gasteiger partial charge >= 0.3 is 0 Å². The number of halogens is 2. The van der Waals surface area contributed by atoms with Gasteiger partial charge in [-0.3, -0.25) is 9.36 Å². The van der Waals surface area contributed by atoms with Crippen LogP contribution in [0.25, 0.3) is 17.1 Å². The first kappa shape index (κ1) is 21.7.